The summed E-state index contributed by atoms with van der Waals surface area (Å²) in [4.78, 5) is 24.3. The van der Waals surface area contributed by atoms with Gasteiger partial charge in [0, 0.05) is 10.6 Å². The molecule has 2 aromatic rings. The van der Waals surface area contributed by atoms with Crippen LogP contribution in [0.5, 0.6) is 0 Å². The van der Waals surface area contributed by atoms with E-state index in [1.54, 1.807) is 24.3 Å². The highest BCUT2D eigenvalue weighted by Crippen LogP contribution is 2.33. The second-order valence-electron chi connectivity index (χ2n) is 5.79. The van der Waals surface area contributed by atoms with Gasteiger partial charge in [-0.3, -0.25) is 4.79 Å². The van der Waals surface area contributed by atoms with Gasteiger partial charge in [0.15, 0.2) is 0 Å². The van der Waals surface area contributed by atoms with Crippen molar-refractivity contribution in [2.24, 2.45) is 5.92 Å². The summed E-state index contributed by atoms with van der Waals surface area (Å²) in [6.07, 6.45) is 2.51. The van der Waals surface area contributed by atoms with E-state index in [-0.39, 0.29) is 6.54 Å². The highest BCUT2D eigenvalue weighted by molar-refractivity contribution is 6.30. The van der Waals surface area contributed by atoms with Gasteiger partial charge in [-0.1, -0.05) is 24.4 Å². The van der Waals surface area contributed by atoms with Crippen LogP contribution in [-0.4, -0.2) is 43.2 Å². The molecule has 126 valence electrons. The van der Waals surface area contributed by atoms with E-state index >= 15 is 0 Å². The topological polar surface area (TPSA) is 110 Å². The van der Waals surface area contributed by atoms with Crippen molar-refractivity contribution in [2.45, 2.75) is 31.8 Å². The highest BCUT2D eigenvalue weighted by atomic mass is 35.5. The molecule has 3 rings (SSSR count). The molecule has 0 radical (unpaired) electrons. The SMILES string of the molecule is O=C(Cn1nnc(-c2ccc(Cl)cc2)n1)NC(CC1CC1)C(=O)O. The smallest absolute Gasteiger partial charge is 0.326 e. The predicted molar refractivity (Wildman–Crippen MR) is 85.2 cm³/mol. The number of nitrogens with zero attached hydrogens (tertiary/aromatic N) is 4. The van der Waals surface area contributed by atoms with E-state index in [4.69, 9.17) is 16.7 Å². The minimum Gasteiger partial charge on any atom is -0.480 e. The van der Waals surface area contributed by atoms with Crippen molar-refractivity contribution in [2.75, 3.05) is 0 Å². The van der Waals surface area contributed by atoms with Crippen molar-refractivity contribution in [3.05, 3.63) is 29.3 Å². The lowest BCUT2D eigenvalue weighted by Gasteiger charge is -2.13. The summed E-state index contributed by atoms with van der Waals surface area (Å²) in [5, 5.41) is 24.1. The van der Waals surface area contributed by atoms with Crippen LogP contribution in [0.1, 0.15) is 19.3 Å². The van der Waals surface area contributed by atoms with Gasteiger partial charge < -0.3 is 10.4 Å². The van der Waals surface area contributed by atoms with E-state index in [0.29, 0.717) is 23.2 Å². The first-order chi connectivity index (χ1) is 11.5. The Bertz CT molecular complexity index is 742. The Hall–Kier alpha value is -2.48. The lowest BCUT2D eigenvalue weighted by molar-refractivity contribution is -0.142. The van der Waals surface area contributed by atoms with Crippen molar-refractivity contribution in [3.8, 4) is 11.4 Å². The average Bonchev–Trinajstić information content (AvgIpc) is 3.24. The number of aromatic nitrogens is 4. The number of rotatable bonds is 7. The Morgan fingerprint density at radius 1 is 1.33 bits per heavy atom. The summed E-state index contributed by atoms with van der Waals surface area (Å²) in [5.41, 5.74) is 0.725. The number of carbonyl (C=O) groups excluding carboxylic acids is 1. The van der Waals surface area contributed by atoms with Gasteiger partial charge in [-0.15, -0.1) is 10.2 Å². The number of hydrogen-bond acceptors (Lipinski definition) is 5. The number of carboxylic acids is 1. The first-order valence-corrected chi connectivity index (χ1v) is 7.95. The zero-order valence-electron chi connectivity index (χ0n) is 12.7. The maximum atomic E-state index is 12.0. The number of amides is 1. The normalized spacial score (nSPS) is 15.0. The van der Waals surface area contributed by atoms with E-state index in [0.717, 1.165) is 23.2 Å². The van der Waals surface area contributed by atoms with Crippen molar-refractivity contribution < 1.29 is 14.7 Å². The molecule has 1 saturated carbocycles. The zero-order valence-corrected chi connectivity index (χ0v) is 13.5. The molecule has 1 unspecified atom stereocenters. The zero-order chi connectivity index (χ0) is 17.1. The molecule has 1 aliphatic rings. The molecule has 1 fully saturated rings. The van der Waals surface area contributed by atoms with Crippen molar-refractivity contribution in [1.29, 1.82) is 0 Å². The van der Waals surface area contributed by atoms with Crippen LogP contribution in [0.25, 0.3) is 11.4 Å². The molecule has 0 saturated heterocycles. The Morgan fingerprint density at radius 3 is 2.67 bits per heavy atom. The first-order valence-electron chi connectivity index (χ1n) is 7.57. The molecule has 0 bridgehead atoms. The first kappa shape index (κ1) is 16.4. The van der Waals surface area contributed by atoms with Gasteiger partial charge in [0.1, 0.15) is 12.6 Å². The molecule has 8 nitrogen and oxygen atoms in total. The molecule has 0 spiro atoms. The van der Waals surface area contributed by atoms with Gasteiger partial charge in [0.25, 0.3) is 0 Å². The predicted octanol–water partition coefficient (Wildman–Crippen LogP) is 1.36. The number of benzene rings is 1. The van der Waals surface area contributed by atoms with Crippen LogP contribution in [-0.2, 0) is 16.1 Å². The minimum atomic E-state index is -1.02. The van der Waals surface area contributed by atoms with Gasteiger partial charge in [0.2, 0.25) is 11.7 Å². The van der Waals surface area contributed by atoms with Crippen LogP contribution in [0, 0.1) is 5.92 Å². The van der Waals surface area contributed by atoms with Crippen LogP contribution in [0.3, 0.4) is 0 Å². The molecule has 1 heterocycles. The third-order valence-corrected chi connectivity index (χ3v) is 3.99. The minimum absolute atomic E-state index is 0.185. The molecule has 2 N–H and O–H groups in total. The second-order valence-corrected chi connectivity index (χ2v) is 6.22. The van der Waals surface area contributed by atoms with Gasteiger partial charge in [-0.05, 0) is 41.8 Å². The number of nitrogens with one attached hydrogen (secondary N) is 1. The monoisotopic (exact) mass is 349 g/mol. The number of hydrogen-bond donors (Lipinski definition) is 2. The Kier molecular flexibility index (Phi) is 4.75. The quantitative estimate of drug-likeness (QED) is 0.781. The third kappa shape index (κ3) is 4.29. The van der Waals surface area contributed by atoms with Gasteiger partial charge in [-0.2, -0.15) is 4.80 Å². The molecule has 24 heavy (non-hydrogen) atoms. The average molecular weight is 350 g/mol. The maximum absolute atomic E-state index is 12.0. The van der Waals surface area contributed by atoms with Crippen molar-refractivity contribution in [1.82, 2.24) is 25.5 Å². The van der Waals surface area contributed by atoms with E-state index in [2.05, 4.69) is 20.7 Å². The number of tetrazole rings is 1. The molecule has 0 aliphatic heterocycles. The Labute approximate surface area is 142 Å². The van der Waals surface area contributed by atoms with E-state index in [1.165, 1.54) is 0 Å². The number of carbonyl (C=O) groups is 2. The molecule has 1 amide bonds. The molecule has 9 heteroatoms. The summed E-state index contributed by atoms with van der Waals surface area (Å²) in [5.74, 6) is -0.716. The molecule has 1 aromatic heterocycles. The number of aliphatic carboxylic acids is 1. The third-order valence-electron chi connectivity index (χ3n) is 3.74. The summed E-state index contributed by atoms with van der Waals surface area (Å²) in [7, 11) is 0. The fourth-order valence-corrected chi connectivity index (χ4v) is 2.43. The van der Waals surface area contributed by atoms with Crippen LogP contribution in [0.2, 0.25) is 5.02 Å². The van der Waals surface area contributed by atoms with Gasteiger partial charge in [0.05, 0.1) is 0 Å². The largest absolute Gasteiger partial charge is 0.480 e. The number of carboxylic acid groups (broad SMARTS) is 1. The van der Waals surface area contributed by atoms with Gasteiger partial charge >= 0.3 is 5.97 Å². The van der Waals surface area contributed by atoms with Gasteiger partial charge in [-0.25, -0.2) is 4.79 Å². The van der Waals surface area contributed by atoms with E-state index < -0.39 is 17.9 Å². The van der Waals surface area contributed by atoms with Crippen molar-refractivity contribution in [3.63, 3.8) is 0 Å². The Morgan fingerprint density at radius 2 is 2.04 bits per heavy atom. The van der Waals surface area contributed by atoms with E-state index in [1.807, 2.05) is 0 Å². The summed E-state index contributed by atoms with van der Waals surface area (Å²) in [6, 6.07) is 6.04. The Balaban J connectivity index is 1.60. The summed E-state index contributed by atoms with van der Waals surface area (Å²) >= 11 is 5.82. The fourth-order valence-electron chi connectivity index (χ4n) is 2.30. The summed E-state index contributed by atoms with van der Waals surface area (Å²) < 4.78 is 0. The molecule has 1 aromatic carbocycles. The molecular formula is C15H16ClN5O3. The second kappa shape index (κ2) is 6.96. The molecule has 1 atom stereocenters. The highest BCUT2D eigenvalue weighted by Gasteiger charge is 2.30. The van der Waals surface area contributed by atoms with Crippen LogP contribution in [0.4, 0.5) is 0 Å². The maximum Gasteiger partial charge on any atom is 0.326 e. The summed E-state index contributed by atoms with van der Waals surface area (Å²) in [6.45, 7) is -0.185. The van der Waals surface area contributed by atoms with E-state index in [9.17, 15) is 9.59 Å². The molecular weight excluding hydrogens is 334 g/mol. The van der Waals surface area contributed by atoms with Crippen LogP contribution in [0.15, 0.2) is 24.3 Å². The lowest BCUT2D eigenvalue weighted by Crippen LogP contribution is -2.42. The standard InChI is InChI=1S/C15H16ClN5O3/c16-11-5-3-10(4-6-11)14-18-20-21(19-14)8-13(22)17-12(15(23)24)7-9-1-2-9/h3-6,9,12H,1-2,7-8H2,(H,17,22)(H,23,24). The lowest BCUT2D eigenvalue weighted by atomic mass is 10.1. The van der Waals surface area contributed by atoms with Crippen LogP contribution < -0.4 is 5.32 Å². The molecule has 1 aliphatic carbocycles. The number of halogens is 1. The van der Waals surface area contributed by atoms with Crippen molar-refractivity contribution >= 4 is 23.5 Å². The fraction of sp³-hybridized carbons (Fsp3) is 0.400. The van der Waals surface area contributed by atoms with Crippen LogP contribution >= 0.6 is 11.6 Å².